The van der Waals surface area contributed by atoms with Crippen molar-refractivity contribution in [3.05, 3.63) is 95.0 Å². The van der Waals surface area contributed by atoms with Gasteiger partial charge in [-0.3, -0.25) is 9.59 Å². The van der Waals surface area contributed by atoms with Crippen molar-refractivity contribution in [1.29, 1.82) is 0 Å². The number of nitrogens with zero attached hydrogens (tertiary/aromatic N) is 1. The lowest BCUT2D eigenvalue weighted by atomic mass is 9.94. The number of methoxy groups -OCH3 is 1. The molecule has 1 atom stereocenters. The summed E-state index contributed by atoms with van der Waals surface area (Å²) in [6.07, 6.45) is 5.73. The number of ether oxygens (including phenoxy) is 2. The summed E-state index contributed by atoms with van der Waals surface area (Å²) in [6.45, 7) is 0.0246. The SMILES string of the molecule is COc1ccccc1OCC(=O)N(Cc1ccc(Cl)cc1)[C@@H](Cc1ccccc1)C(=O)NC1CCCCC1. The molecule has 6 nitrogen and oxygen atoms in total. The fourth-order valence-electron chi connectivity index (χ4n) is 4.85. The lowest BCUT2D eigenvalue weighted by Gasteiger charge is -2.33. The third kappa shape index (κ3) is 7.75. The molecule has 4 rings (SSSR count). The number of carbonyl (C=O) groups is 2. The molecular formula is C31H35ClN2O4. The average Bonchev–Trinajstić information content (AvgIpc) is 2.95. The predicted octanol–water partition coefficient (Wildman–Crippen LogP) is 5.82. The predicted molar refractivity (Wildman–Crippen MR) is 149 cm³/mol. The van der Waals surface area contributed by atoms with Gasteiger partial charge in [-0.05, 0) is 48.2 Å². The van der Waals surface area contributed by atoms with E-state index in [1.54, 1.807) is 36.3 Å². The van der Waals surface area contributed by atoms with Crippen LogP contribution in [-0.2, 0) is 22.6 Å². The van der Waals surface area contributed by atoms with Crippen molar-refractivity contribution in [2.45, 2.75) is 57.2 Å². The first-order chi connectivity index (χ1) is 18.5. The molecule has 0 bridgehead atoms. The monoisotopic (exact) mass is 534 g/mol. The maximum absolute atomic E-state index is 13.8. The number of rotatable bonds is 11. The highest BCUT2D eigenvalue weighted by atomic mass is 35.5. The summed E-state index contributed by atoms with van der Waals surface area (Å²) < 4.78 is 11.3. The van der Waals surface area contributed by atoms with Crippen LogP contribution in [0.4, 0.5) is 0 Å². The van der Waals surface area contributed by atoms with E-state index in [9.17, 15) is 9.59 Å². The van der Waals surface area contributed by atoms with Gasteiger partial charge < -0.3 is 19.7 Å². The van der Waals surface area contributed by atoms with Crippen LogP contribution >= 0.6 is 11.6 Å². The summed E-state index contributed by atoms with van der Waals surface area (Å²) in [7, 11) is 1.56. The maximum Gasteiger partial charge on any atom is 0.261 e. The molecule has 1 aliphatic carbocycles. The van der Waals surface area contributed by atoms with E-state index in [1.165, 1.54) is 6.42 Å². The minimum absolute atomic E-state index is 0.131. The Morgan fingerprint density at radius 3 is 2.24 bits per heavy atom. The quantitative estimate of drug-likeness (QED) is 0.337. The normalized spacial score (nSPS) is 14.4. The fourth-order valence-corrected chi connectivity index (χ4v) is 4.97. The van der Waals surface area contributed by atoms with Crippen LogP contribution in [0.5, 0.6) is 11.5 Å². The van der Waals surface area contributed by atoms with E-state index in [2.05, 4.69) is 5.32 Å². The van der Waals surface area contributed by atoms with E-state index < -0.39 is 6.04 Å². The zero-order valence-electron chi connectivity index (χ0n) is 21.8. The molecular weight excluding hydrogens is 500 g/mol. The molecule has 0 aromatic heterocycles. The van der Waals surface area contributed by atoms with Gasteiger partial charge in [0.05, 0.1) is 7.11 Å². The molecule has 200 valence electrons. The summed E-state index contributed by atoms with van der Waals surface area (Å²) in [5.41, 5.74) is 1.86. The van der Waals surface area contributed by atoms with Gasteiger partial charge in [-0.15, -0.1) is 0 Å². The van der Waals surface area contributed by atoms with Gasteiger partial charge in [-0.2, -0.15) is 0 Å². The molecule has 1 saturated carbocycles. The number of amides is 2. The minimum Gasteiger partial charge on any atom is -0.493 e. The third-order valence-electron chi connectivity index (χ3n) is 6.91. The molecule has 1 fully saturated rings. The first kappa shape index (κ1) is 27.5. The molecule has 2 amide bonds. The Hall–Kier alpha value is -3.51. The number of hydrogen-bond donors (Lipinski definition) is 1. The smallest absolute Gasteiger partial charge is 0.261 e. The standard InChI is InChI=1S/C31H35ClN2O4/c1-37-28-14-8-9-15-29(28)38-22-30(35)34(21-24-16-18-25(32)19-17-24)27(20-23-10-4-2-5-11-23)31(36)33-26-12-6-3-7-13-26/h2,4-5,8-11,14-19,26-27H,3,6-7,12-13,20-22H2,1H3,(H,33,36)/t27-/m0/s1. The van der Waals surface area contributed by atoms with E-state index in [-0.39, 0.29) is 31.0 Å². The van der Waals surface area contributed by atoms with E-state index in [4.69, 9.17) is 21.1 Å². The molecule has 7 heteroatoms. The second-order valence-corrected chi connectivity index (χ2v) is 10.1. The summed E-state index contributed by atoms with van der Waals surface area (Å²) in [4.78, 5) is 29.2. The molecule has 1 aliphatic rings. The average molecular weight is 535 g/mol. The van der Waals surface area contributed by atoms with Crippen molar-refractivity contribution < 1.29 is 19.1 Å². The lowest BCUT2D eigenvalue weighted by molar-refractivity contribution is -0.143. The Kier molecular flexibility index (Phi) is 10.0. The van der Waals surface area contributed by atoms with Gasteiger partial charge >= 0.3 is 0 Å². The molecule has 1 N–H and O–H groups in total. The number of carbonyl (C=O) groups excluding carboxylic acids is 2. The first-order valence-corrected chi connectivity index (χ1v) is 13.6. The van der Waals surface area contributed by atoms with Gasteiger partial charge in [0.15, 0.2) is 18.1 Å². The Morgan fingerprint density at radius 2 is 1.55 bits per heavy atom. The molecule has 0 aliphatic heterocycles. The number of nitrogens with one attached hydrogen (secondary N) is 1. The second kappa shape index (κ2) is 13.9. The highest BCUT2D eigenvalue weighted by molar-refractivity contribution is 6.30. The van der Waals surface area contributed by atoms with Crippen molar-refractivity contribution in [2.75, 3.05) is 13.7 Å². The lowest BCUT2D eigenvalue weighted by Crippen LogP contribution is -2.53. The van der Waals surface area contributed by atoms with Crippen molar-refractivity contribution in [1.82, 2.24) is 10.2 Å². The number of hydrogen-bond acceptors (Lipinski definition) is 4. The number of para-hydroxylation sites is 2. The Balaban J connectivity index is 1.61. The molecule has 0 spiro atoms. The Bertz CT molecular complexity index is 1180. The molecule has 3 aromatic carbocycles. The van der Waals surface area contributed by atoms with Gasteiger partial charge in [0.2, 0.25) is 5.91 Å². The number of halogens is 1. The van der Waals surface area contributed by atoms with Crippen molar-refractivity contribution in [3.63, 3.8) is 0 Å². The zero-order chi connectivity index (χ0) is 26.7. The van der Waals surface area contributed by atoms with Crippen LogP contribution in [-0.4, -0.2) is 42.5 Å². The third-order valence-corrected chi connectivity index (χ3v) is 7.16. The van der Waals surface area contributed by atoms with Crippen LogP contribution in [0.2, 0.25) is 5.02 Å². The van der Waals surface area contributed by atoms with E-state index >= 15 is 0 Å². The largest absolute Gasteiger partial charge is 0.493 e. The van der Waals surface area contributed by atoms with Crippen molar-refractivity contribution in [3.8, 4) is 11.5 Å². The molecule has 0 saturated heterocycles. The van der Waals surface area contributed by atoms with E-state index in [0.29, 0.717) is 22.9 Å². The highest BCUT2D eigenvalue weighted by Crippen LogP contribution is 2.26. The minimum atomic E-state index is -0.705. The summed E-state index contributed by atoms with van der Waals surface area (Å²) in [6, 6.07) is 23.8. The highest BCUT2D eigenvalue weighted by Gasteiger charge is 2.32. The Labute approximate surface area is 229 Å². The van der Waals surface area contributed by atoms with Crippen molar-refractivity contribution >= 4 is 23.4 Å². The van der Waals surface area contributed by atoms with Crippen LogP contribution in [0, 0.1) is 0 Å². The van der Waals surface area contributed by atoms with Crippen LogP contribution in [0.3, 0.4) is 0 Å². The van der Waals surface area contributed by atoms with E-state index in [0.717, 1.165) is 36.8 Å². The molecule has 0 heterocycles. The first-order valence-electron chi connectivity index (χ1n) is 13.2. The van der Waals surface area contributed by atoms with E-state index in [1.807, 2.05) is 54.6 Å². The van der Waals surface area contributed by atoms with Crippen LogP contribution < -0.4 is 14.8 Å². The fraction of sp³-hybridized carbons (Fsp3) is 0.355. The Morgan fingerprint density at radius 1 is 0.895 bits per heavy atom. The van der Waals surface area contributed by atoms with Crippen LogP contribution in [0.15, 0.2) is 78.9 Å². The molecule has 0 radical (unpaired) electrons. The second-order valence-electron chi connectivity index (χ2n) is 9.64. The van der Waals surface area contributed by atoms with Gasteiger partial charge in [-0.25, -0.2) is 0 Å². The topological polar surface area (TPSA) is 67.9 Å². The summed E-state index contributed by atoms with van der Waals surface area (Å²) in [5.74, 6) is 0.590. The van der Waals surface area contributed by atoms with Gasteiger partial charge in [0, 0.05) is 24.0 Å². The van der Waals surface area contributed by atoms with Crippen molar-refractivity contribution in [2.24, 2.45) is 0 Å². The van der Waals surface area contributed by atoms with Crippen LogP contribution in [0.25, 0.3) is 0 Å². The van der Waals surface area contributed by atoms with Gasteiger partial charge in [0.1, 0.15) is 6.04 Å². The van der Waals surface area contributed by atoms with Crippen LogP contribution in [0.1, 0.15) is 43.2 Å². The zero-order valence-corrected chi connectivity index (χ0v) is 22.5. The van der Waals surface area contributed by atoms with Gasteiger partial charge in [0.25, 0.3) is 5.91 Å². The maximum atomic E-state index is 13.8. The molecule has 3 aromatic rings. The summed E-state index contributed by atoms with van der Waals surface area (Å²) in [5, 5.41) is 3.86. The summed E-state index contributed by atoms with van der Waals surface area (Å²) >= 11 is 6.11. The van der Waals surface area contributed by atoms with Gasteiger partial charge in [-0.1, -0.05) is 85.5 Å². The molecule has 0 unspecified atom stereocenters. The molecule has 38 heavy (non-hydrogen) atoms. The number of benzene rings is 3.